The van der Waals surface area contributed by atoms with Crippen molar-refractivity contribution >= 4 is 5.69 Å². The first-order chi connectivity index (χ1) is 10.0. The molecule has 21 heavy (non-hydrogen) atoms. The third kappa shape index (κ3) is 5.27. The molecule has 0 radical (unpaired) electrons. The average molecular weight is 298 g/mol. The molecule has 0 aliphatic heterocycles. The van der Waals surface area contributed by atoms with Crippen LogP contribution in [0.15, 0.2) is 12.1 Å². The zero-order chi connectivity index (χ0) is 15.8. The molecule has 0 saturated carbocycles. The summed E-state index contributed by atoms with van der Waals surface area (Å²) in [6.07, 6.45) is 2.00. The molecule has 0 aliphatic rings. The van der Waals surface area contributed by atoms with Crippen molar-refractivity contribution in [3.05, 3.63) is 29.3 Å². The normalized spacial score (nSPS) is 12.5. The highest BCUT2D eigenvalue weighted by atomic mass is 19.1. The second-order valence-electron chi connectivity index (χ2n) is 5.64. The van der Waals surface area contributed by atoms with Crippen LogP contribution in [0.3, 0.4) is 0 Å². The van der Waals surface area contributed by atoms with Gasteiger partial charge in [-0.2, -0.15) is 0 Å². The number of halogens is 2. The summed E-state index contributed by atoms with van der Waals surface area (Å²) in [5, 5.41) is 3.16. The fourth-order valence-corrected chi connectivity index (χ4v) is 2.32. The van der Waals surface area contributed by atoms with Gasteiger partial charge in [0.1, 0.15) is 17.3 Å². The number of anilines is 1. The number of hydrogen-bond acceptors (Lipinski definition) is 2. The van der Waals surface area contributed by atoms with Gasteiger partial charge in [0.15, 0.2) is 0 Å². The lowest BCUT2D eigenvalue weighted by molar-refractivity contribution is 0.520. The SMILES string of the molecule is CCCNCc1cc(F)c(N(CC)CC(C)CC)c(F)c1. The highest BCUT2D eigenvalue weighted by Crippen LogP contribution is 2.26. The highest BCUT2D eigenvalue weighted by molar-refractivity contribution is 5.50. The first-order valence-electron chi connectivity index (χ1n) is 7.96. The predicted octanol–water partition coefficient (Wildman–Crippen LogP) is 4.34. The van der Waals surface area contributed by atoms with Crippen LogP contribution in [0.1, 0.15) is 46.1 Å². The van der Waals surface area contributed by atoms with Gasteiger partial charge in [0.05, 0.1) is 0 Å². The van der Waals surface area contributed by atoms with Gasteiger partial charge in [0, 0.05) is 19.6 Å². The Morgan fingerprint density at radius 3 is 2.24 bits per heavy atom. The van der Waals surface area contributed by atoms with Gasteiger partial charge in [-0.15, -0.1) is 0 Å². The molecule has 0 heterocycles. The van der Waals surface area contributed by atoms with Crippen LogP contribution in [0, 0.1) is 17.6 Å². The molecule has 0 aliphatic carbocycles. The molecular formula is C17H28F2N2. The van der Waals surface area contributed by atoms with Gasteiger partial charge < -0.3 is 10.2 Å². The van der Waals surface area contributed by atoms with Crippen LogP contribution in [-0.2, 0) is 6.54 Å². The van der Waals surface area contributed by atoms with E-state index in [1.165, 1.54) is 12.1 Å². The largest absolute Gasteiger partial charge is 0.367 e. The van der Waals surface area contributed by atoms with Crippen LogP contribution in [0.25, 0.3) is 0 Å². The fraction of sp³-hybridized carbons (Fsp3) is 0.647. The van der Waals surface area contributed by atoms with E-state index in [1.807, 2.05) is 6.92 Å². The number of rotatable bonds is 9. The Labute approximate surface area is 127 Å². The lowest BCUT2D eigenvalue weighted by Gasteiger charge is -2.27. The van der Waals surface area contributed by atoms with E-state index in [2.05, 4.69) is 26.1 Å². The van der Waals surface area contributed by atoms with Crippen LogP contribution in [0.4, 0.5) is 14.5 Å². The van der Waals surface area contributed by atoms with Crippen LogP contribution < -0.4 is 10.2 Å². The summed E-state index contributed by atoms with van der Waals surface area (Å²) in [5.41, 5.74) is 0.763. The molecule has 120 valence electrons. The lowest BCUT2D eigenvalue weighted by atomic mass is 10.1. The maximum absolute atomic E-state index is 14.3. The van der Waals surface area contributed by atoms with Gasteiger partial charge in [0.25, 0.3) is 0 Å². The van der Waals surface area contributed by atoms with Crippen molar-refractivity contribution in [2.75, 3.05) is 24.5 Å². The summed E-state index contributed by atoms with van der Waals surface area (Å²) in [5.74, 6) is -0.517. The number of hydrogen-bond donors (Lipinski definition) is 1. The molecule has 2 nitrogen and oxygen atoms in total. The van der Waals surface area contributed by atoms with E-state index in [-0.39, 0.29) is 5.69 Å². The van der Waals surface area contributed by atoms with Crippen LogP contribution in [0.2, 0.25) is 0 Å². The molecular weight excluding hydrogens is 270 g/mol. The van der Waals surface area contributed by atoms with Crippen LogP contribution in [-0.4, -0.2) is 19.6 Å². The zero-order valence-corrected chi connectivity index (χ0v) is 13.7. The summed E-state index contributed by atoms with van der Waals surface area (Å²) in [4.78, 5) is 1.79. The number of nitrogens with zero attached hydrogens (tertiary/aromatic N) is 1. The maximum Gasteiger partial charge on any atom is 0.149 e. The van der Waals surface area contributed by atoms with E-state index in [4.69, 9.17) is 0 Å². The first kappa shape index (κ1) is 17.9. The van der Waals surface area contributed by atoms with Crippen molar-refractivity contribution in [1.29, 1.82) is 0 Å². The second kappa shape index (κ2) is 8.98. The quantitative estimate of drug-likeness (QED) is 0.682. The van der Waals surface area contributed by atoms with Crippen molar-refractivity contribution in [3.8, 4) is 0 Å². The molecule has 1 atom stereocenters. The summed E-state index contributed by atoms with van der Waals surface area (Å²) < 4.78 is 28.6. The minimum atomic E-state index is -0.464. The monoisotopic (exact) mass is 298 g/mol. The van der Waals surface area contributed by atoms with Crippen molar-refractivity contribution in [1.82, 2.24) is 5.32 Å². The Hall–Kier alpha value is -1.16. The molecule has 1 aromatic rings. The van der Waals surface area contributed by atoms with Crippen molar-refractivity contribution in [3.63, 3.8) is 0 Å². The van der Waals surface area contributed by atoms with E-state index < -0.39 is 11.6 Å². The van der Waals surface area contributed by atoms with Gasteiger partial charge in [-0.3, -0.25) is 0 Å². The van der Waals surface area contributed by atoms with Crippen molar-refractivity contribution in [2.24, 2.45) is 5.92 Å². The van der Waals surface area contributed by atoms with E-state index in [1.54, 1.807) is 4.90 Å². The standard InChI is InChI=1S/C17H28F2N2/c1-5-8-20-11-14-9-15(18)17(16(19)10-14)21(7-3)12-13(4)6-2/h9-10,13,20H,5-8,11-12H2,1-4H3. The molecule has 1 rings (SSSR count). The Kier molecular flexibility index (Phi) is 7.65. The summed E-state index contributed by atoms with van der Waals surface area (Å²) in [7, 11) is 0. The lowest BCUT2D eigenvalue weighted by Crippen LogP contribution is -2.30. The Balaban J connectivity index is 2.91. The molecule has 1 N–H and O–H groups in total. The number of benzene rings is 1. The van der Waals surface area contributed by atoms with E-state index >= 15 is 0 Å². The molecule has 0 aromatic heterocycles. The predicted molar refractivity (Wildman–Crippen MR) is 85.7 cm³/mol. The average Bonchev–Trinajstić information content (AvgIpc) is 2.45. The van der Waals surface area contributed by atoms with Gasteiger partial charge in [-0.1, -0.05) is 27.2 Å². The summed E-state index contributed by atoms with van der Waals surface area (Å²) >= 11 is 0. The van der Waals surface area contributed by atoms with Crippen molar-refractivity contribution in [2.45, 2.75) is 47.1 Å². The fourth-order valence-electron chi connectivity index (χ4n) is 2.32. The van der Waals surface area contributed by atoms with Gasteiger partial charge in [0.2, 0.25) is 0 Å². The van der Waals surface area contributed by atoms with Gasteiger partial charge in [-0.05, 0) is 43.5 Å². The molecule has 0 saturated heterocycles. The van der Waals surface area contributed by atoms with Gasteiger partial charge >= 0.3 is 0 Å². The molecule has 0 amide bonds. The highest BCUT2D eigenvalue weighted by Gasteiger charge is 2.18. The molecule has 0 fully saturated rings. The first-order valence-corrected chi connectivity index (χ1v) is 7.96. The number of nitrogens with one attached hydrogen (secondary N) is 1. The Morgan fingerprint density at radius 1 is 1.14 bits per heavy atom. The third-order valence-electron chi connectivity index (χ3n) is 3.76. The second-order valence-corrected chi connectivity index (χ2v) is 5.64. The van der Waals surface area contributed by atoms with Crippen molar-refractivity contribution < 1.29 is 8.78 Å². The molecule has 4 heteroatoms. The molecule has 0 spiro atoms. The van der Waals surface area contributed by atoms with E-state index in [0.717, 1.165) is 19.4 Å². The van der Waals surface area contributed by atoms with Gasteiger partial charge in [-0.25, -0.2) is 8.78 Å². The maximum atomic E-state index is 14.3. The van der Waals surface area contributed by atoms with E-state index in [9.17, 15) is 8.78 Å². The minimum absolute atomic E-state index is 0.108. The molecule has 1 unspecified atom stereocenters. The zero-order valence-electron chi connectivity index (χ0n) is 13.7. The molecule has 1 aromatic carbocycles. The Morgan fingerprint density at radius 2 is 1.76 bits per heavy atom. The smallest absolute Gasteiger partial charge is 0.149 e. The van der Waals surface area contributed by atoms with Crippen LogP contribution >= 0.6 is 0 Å². The summed E-state index contributed by atoms with van der Waals surface area (Å²) in [6.45, 7) is 10.8. The summed E-state index contributed by atoms with van der Waals surface area (Å²) in [6, 6.07) is 2.89. The Bertz CT molecular complexity index is 412. The molecule has 0 bridgehead atoms. The topological polar surface area (TPSA) is 15.3 Å². The van der Waals surface area contributed by atoms with E-state index in [0.29, 0.717) is 31.1 Å². The minimum Gasteiger partial charge on any atom is -0.367 e. The van der Waals surface area contributed by atoms with Crippen LogP contribution in [0.5, 0.6) is 0 Å². The third-order valence-corrected chi connectivity index (χ3v) is 3.76.